The molecular formula is C16H17Cl2N3O3. The highest BCUT2D eigenvalue weighted by Gasteiger charge is 2.19. The average Bonchev–Trinajstić information content (AvgIpc) is 2.50. The summed E-state index contributed by atoms with van der Waals surface area (Å²) in [5, 5.41) is 23.7. The van der Waals surface area contributed by atoms with Crippen LogP contribution < -0.4 is 10.6 Å². The Morgan fingerprint density at radius 2 is 2.04 bits per heavy atom. The first kappa shape index (κ1) is 19.8. The fourth-order valence-corrected chi connectivity index (χ4v) is 2.18. The molecule has 0 aliphatic rings. The molecule has 1 amide bonds. The third kappa shape index (κ3) is 5.76. The number of anilines is 1. The van der Waals surface area contributed by atoms with E-state index in [2.05, 4.69) is 10.6 Å². The van der Waals surface area contributed by atoms with Crippen molar-refractivity contribution in [2.45, 2.75) is 26.3 Å². The van der Waals surface area contributed by atoms with Crippen LogP contribution in [0.3, 0.4) is 0 Å². The van der Waals surface area contributed by atoms with Crippen molar-refractivity contribution in [1.82, 2.24) is 5.32 Å². The molecule has 1 aromatic carbocycles. The van der Waals surface area contributed by atoms with Crippen LogP contribution in [0.25, 0.3) is 0 Å². The minimum atomic E-state index is -1.06. The Morgan fingerprint density at radius 3 is 2.58 bits per heavy atom. The highest BCUT2D eigenvalue weighted by Crippen LogP contribution is 2.29. The maximum atomic E-state index is 12.1. The lowest BCUT2D eigenvalue weighted by Crippen LogP contribution is -2.35. The molecule has 1 aromatic rings. The lowest BCUT2D eigenvalue weighted by Gasteiger charge is -2.15. The van der Waals surface area contributed by atoms with Crippen LogP contribution in [0.2, 0.25) is 10.0 Å². The van der Waals surface area contributed by atoms with Crippen molar-refractivity contribution in [2.75, 3.05) is 5.32 Å². The molecule has 1 rings (SSSR count). The first-order valence-electron chi connectivity index (χ1n) is 7.10. The Labute approximate surface area is 150 Å². The molecule has 0 saturated heterocycles. The second kappa shape index (κ2) is 9.16. The second-order valence-corrected chi connectivity index (χ2v) is 6.20. The first-order valence-corrected chi connectivity index (χ1v) is 7.86. The number of carbonyl (C=O) groups is 2. The first-order chi connectivity index (χ1) is 11.3. The maximum Gasteiger partial charge on any atom is 0.326 e. The number of carboxylic acids is 1. The Bertz CT molecular complexity index is 696. The number of nitrogens with one attached hydrogen (secondary N) is 2. The lowest BCUT2D eigenvalue weighted by atomic mass is 10.0. The zero-order valence-electron chi connectivity index (χ0n) is 13.1. The summed E-state index contributed by atoms with van der Waals surface area (Å²) in [6.45, 7) is 3.75. The SMILES string of the molecule is CC(C)CC(N/C=C(/C#N)C(=O)Nc1cccc(Cl)c1Cl)C(=O)O. The number of hydrogen-bond donors (Lipinski definition) is 3. The molecule has 0 saturated carbocycles. The molecule has 3 N–H and O–H groups in total. The van der Waals surface area contributed by atoms with Gasteiger partial charge < -0.3 is 15.7 Å². The van der Waals surface area contributed by atoms with Gasteiger partial charge in [-0.05, 0) is 24.5 Å². The minimum absolute atomic E-state index is 0.136. The summed E-state index contributed by atoms with van der Waals surface area (Å²) >= 11 is 11.8. The number of benzene rings is 1. The number of nitrogens with zero attached hydrogens (tertiary/aromatic N) is 1. The number of carbonyl (C=O) groups excluding carboxylic acids is 1. The highest BCUT2D eigenvalue weighted by molar-refractivity contribution is 6.44. The van der Waals surface area contributed by atoms with Gasteiger partial charge >= 0.3 is 5.97 Å². The Balaban J connectivity index is 2.88. The molecule has 1 atom stereocenters. The fourth-order valence-electron chi connectivity index (χ4n) is 1.83. The van der Waals surface area contributed by atoms with Crippen molar-refractivity contribution in [2.24, 2.45) is 5.92 Å². The van der Waals surface area contributed by atoms with Crippen LogP contribution in [0.4, 0.5) is 5.69 Å². The van der Waals surface area contributed by atoms with Crippen LogP contribution in [0.1, 0.15) is 20.3 Å². The van der Waals surface area contributed by atoms with Crippen molar-refractivity contribution in [3.8, 4) is 6.07 Å². The van der Waals surface area contributed by atoms with Gasteiger partial charge in [0.1, 0.15) is 17.7 Å². The van der Waals surface area contributed by atoms with Gasteiger partial charge in [-0.15, -0.1) is 0 Å². The van der Waals surface area contributed by atoms with Crippen LogP contribution >= 0.6 is 23.2 Å². The van der Waals surface area contributed by atoms with Gasteiger partial charge in [-0.25, -0.2) is 4.79 Å². The topological polar surface area (TPSA) is 102 Å². The van der Waals surface area contributed by atoms with E-state index in [4.69, 9.17) is 33.6 Å². The minimum Gasteiger partial charge on any atom is -0.480 e. The molecule has 0 spiro atoms. The maximum absolute atomic E-state index is 12.1. The van der Waals surface area contributed by atoms with Crippen LogP contribution in [0, 0.1) is 17.2 Å². The molecule has 0 aliphatic carbocycles. The van der Waals surface area contributed by atoms with E-state index in [0.717, 1.165) is 6.20 Å². The van der Waals surface area contributed by atoms with Gasteiger partial charge in [-0.2, -0.15) is 5.26 Å². The number of carboxylic acid groups (broad SMARTS) is 1. The monoisotopic (exact) mass is 369 g/mol. The zero-order chi connectivity index (χ0) is 18.3. The number of rotatable bonds is 7. The Kier molecular flexibility index (Phi) is 7.56. The third-order valence-electron chi connectivity index (χ3n) is 3.00. The molecule has 0 aliphatic heterocycles. The largest absolute Gasteiger partial charge is 0.480 e. The molecular weight excluding hydrogens is 353 g/mol. The van der Waals surface area contributed by atoms with Crippen molar-refractivity contribution in [3.63, 3.8) is 0 Å². The molecule has 6 nitrogen and oxygen atoms in total. The summed E-state index contributed by atoms with van der Waals surface area (Å²) in [6.07, 6.45) is 1.45. The third-order valence-corrected chi connectivity index (χ3v) is 3.82. The summed E-state index contributed by atoms with van der Waals surface area (Å²) in [5.41, 5.74) is -0.0201. The Hall–Kier alpha value is -2.23. The van der Waals surface area contributed by atoms with Gasteiger partial charge in [-0.1, -0.05) is 43.1 Å². The number of hydrogen-bond acceptors (Lipinski definition) is 4. The van der Waals surface area contributed by atoms with Crippen molar-refractivity contribution in [1.29, 1.82) is 5.26 Å². The number of halogens is 2. The summed E-state index contributed by atoms with van der Waals surface area (Å²) < 4.78 is 0. The molecule has 24 heavy (non-hydrogen) atoms. The quantitative estimate of drug-likeness (QED) is 0.504. The van der Waals surface area contributed by atoms with Crippen molar-refractivity contribution >= 4 is 40.8 Å². The van der Waals surface area contributed by atoms with E-state index in [9.17, 15) is 9.59 Å². The van der Waals surface area contributed by atoms with Crippen molar-refractivity contribution < 1.29 is 14.7 Å². The van der Waals surface area contributed by atoms with Crippen LogP contribution in [0.15, 0.2) is 30.0 Å². The predicted octanol–water partition coefficient (Wildman–Crippen LogP) is 3.43. The van der Waals surface area contributed by atoms with Gasteiger partial charge in [0, 0.05) is 6.20 Å². The van der Waals surface area contributed by atoms with E-state index in [1.54, 1.807) is 18.2 Å². The molecule has 8 heteroatoms. The van der Waals surface area contributed by atoms with Gasteiger partial charge in [0.15, 0.2) is 0 Å². The fraction of sp³-hybridized carbons (Fsp3) is 0.312. The molecule has 128 valence electrons. The molecule has 1 unspecified atom stereocenters. The standard InChI is InChI=1S/C16H17Cl2N3O3/c1-9(2)6-13(16(23)24)20-8-10(7-19)15(22)21-12-5-3-4-11(17)14(12)18/h3-5,8-9,13,20H,6H2,1-2H3,(H,21,22)(H,23,24)/b10-8-. The summed E-state index contributed by atoms with van der Waals surface area (Å²) in [7, 11) is 0. The van der Waals surface area contributed by atoms with Crippen molar-refractivity contribution in [3.05, 3.63) is 40.0 Å². The molecule has 0 radical (unpaired) electrons. The van der Waals surface area contributed by atoms with E-state index in [-0.39, 0.29) is 27.2 Å². The number of amides is 1. The van der Waals surface area contributed by atoms with E-state index < -0.39 is 17.9 Å². The van der Waals surface area contributed by atoms with Crippen LogP contribution in [0.5, 0.6) is 0 Å². The number of aliphatic carboxylic acids is 1. The summed E-state index contributed by atoms with van der Waals surface area (Å²) in [4.78, 5) is 23.3. The van der Waals surface area contributed by atoms with Crippen LogP contribution in [-0.4, -0.2) is 23.0 Å². The van der Waals surface area contributed by atoms with Gasteiger partial charge in [0.2, 0.25) is 0 Å². The number of nitriles is 1. The predicted molar refractivity (Wildman–Crippen MR) is 92.8 cm³/mol. The van der Waals surface area contributed by atoms with E-state index in [1.165, 1.54) is 6.07 Å². The highest BCUT2D eigenvalue weighted by atomic mass is 35.5. The Morgan fingerprint density at radius 1 is 1.38 bits per heavy atom. The summed E-state index contributed by atoms with van der Waals surface area (Å²) in [5.74, 6) is -1.64. The molecule has 0 heterocycles. The smallest absolute Gasteiger partial charge is 0.326 e. The van der Waals surface area contributed by atoms with E-state index in [0.29, 0.717) is 6.42 Å². The normalized spacial score (nSPS) is 12.4. The van der Waals surface area contributed by atoms with Gasteiger partial charge in [0.25, 0.3) is 5.91 Å². The van der Waals surface area contributed by atoms with Crippen LogP contribution in [-0.2, 0) is 9.59 Å². The van der Waals surface area contributed by atoms with Gasteiger partial charge in [-0.3, -0.25) is 4.79 Å². The summed E-state index contributed by atoms with van der Waals surface area (Å²) in [6, 6.07) is 5.52. The van der Waals surface area contributed by atoms with Gasteiger partial charge in [0.05, 0.1) is 15.7 Å². The van der Waals surface area contributed by atoms with E-state index in [1.807, 2.05) is 13.8 Å². The molecule has 0 bridgehead atoms. The van der Waals surface area contributed by atoms with E-state index >= 15 is 0 Å². The molecule has 0 aromatic heterocycles. The lowest BCUT2D eigenvalue weighted by molar-refractivity contribution is -0.139. The average molecular weight is 370 g/mol. The molecule has 0 fully saturated rings. The second-order valence-electron chi connectivity index (χ2n) is 5.41. The zero-order valence-corrected chi connectivity index (χ0v) is 14.6.